The van der Waals surface area contributed by atoms with Crippen molar-refractivity contribution in [2.45, 2.75) is 25.1 Å². The van der Waals surface area contributed by atoms with Crippen LogP contribution in [0.3, 0.4) is 0 Å². The van der Waals surface area contributed by atoms with E-state index >= 15 is 0 Å². The van der Waals surface area contributed by atoms with Crippen molar-refractivity contribution in [1.29, 1.82) is 0 Å². The number of nitrogens with one attached hydrogen (secondary N) is 1. The number of amides is 1. The summed E-state index contributed by atoms with van der Waals surface area (Å²) in [4.78, 5) is 39.4. The SMILES string of the molecule is CN(Cc1cccc(F)c1F)[C@H](COC(=O)Nc1cc2ccccc2cn1)C[C@@H](O)COP(=O)([O-])[O-].[Na+].[Na+]. The standard InChI is InChI=1S/C23H26F2N3O7P.2Na/c1-28(12-17-7-4-8-20(24)22(17)25)18(10-19(29)14-35-36(31,32)33)13-34-23(30)27-21-9-15-5-2-3-6-16(15)11-26-21;;/h2-9,11,18-19,29H,10,12-14H2,1H3,(H,26,27,30)(H2,31,32,33);;/q;2*+1/p-2/t18-,19+;;/m0../s1. The maximum Gasteiger partial charge on any atom is 1.00 e. The Balaban J connectivity index is 0.00000361. The van der Waals surface area contributed by atoms with Crippen LogP contribution < -0.4 is 74.2 Å². The van der Waals surface area contributed by atoms with Gasteiger partial charge in [0.1, 0.15) is 12.4 Å². The summed E-state index contributed by atoms with van der Waals surface area (Å²) in [5.41, 5.74) is 0.0154. The van der Waals surface area contributed by atoms with E-state index in [1.165, 1.54) is 24.1 Å². The summed E-state index contributed by atoms with van der Waals surface area (Å²) in [6.07, 6.45) is -0.923. The zero-order valence-electron chi connectivity index (χ0n) is 21.2. The van der Waals surface area contributed by atoms with Crippen LogP contribution in [-0.2, 0) is 20.4 Å². The summed E-state index contributed by atoms with van der Waals surface area (Å²) in [7, 11) is -3.79. The van der Waals surface area contributed by atoms with Crippen molar-refractivity contribution >= 4 is 30.5 Å². The van der Waals surface area contributed by atoms with Crippen molar-refractivity contribution in [3.05, 3.63) is 71.9 Å². The number of ether oxygens (including phenoxy) is 1. The first kappa shape index (κ1) is 35.0. The third kappa shape index (κ3) is 11.2. The van der Waals surface area contributed by atoms with E-state index in [2.05, 4.69) is 14.8 Å². The van der Waals surface area contributed by atoms with Crippen molar-refractivity contribution in [3.8, 4) is 0 Å². The fraction of sp³-hybridized carbons (Fsp3) is 0.304. The van der Waals surface area contributed by atoms with Gasteiger partial charge in [0.05, 0.1) is 20.5 Å². The van der Waals surface area contributed by atoms with E-state index in [1.54, 1.807) is 12.3 Å². The first-order valence-electron chi connectivity index (χ1n) is 10.8. The minimum absolute atomic E-state index is 0. The Bertz CT molecular complexity index is 1250. The molecular weight excluding hydrogens is 545 g/mol. The van der Waals surface area contributed by atoms with E-state index in [0.717, 1.165) is 16.8 Å². The molecule has 0 spiro atoms. The fourth-order valence-corrected chi connectivity index (χ4v) is 3.82. The molecule has 2 aromatic carbocycles. The van der Waals surface area contributed by atoms with Gasteiger partial charge in [-0.05, 0) is 31.0 Å². The van der Waals surface area contributed by atoms with Gasteiger partial charge in [0.25, 0.3) is 0 Å². The summed E-state index contributed by atoms with van der Waals surface area (Å²) < 4.78 is 47.8. The third-order valence-corrected chi connectivity index (χ3v) is 5.78. The second-order valence-electron chi connectivity index (χ2n) is 8.05. The van der Waals surface area contributed by atoms with Crippen LogP contribution in [-0.4, -0.2) is 53.5 Å². The number of fused-ring (bicyclic) bond motifs is 1. The molecule has 0 aliphatic heterocycles. The van der Waals surface area contributed by atoms with E-state index in [1.807, 2.05) is 24.3 Å². The molecule has 0 aliphatic carbocycles. The Hall–Kier alpha value is -0.990. The zero-order chi connectivity index (χ0) is 26.3. The second-order valence-corrected chi connectivity index (χ2v) is 9.21. The van der Waals surface area contributed by atoms with Gasteiger partial charge in [-0.15, -0.1) is 0 Å². The number of carbonyl (C=O) groups excluding carboxylic acids is 1. The number of aromatic nitrogens is 1. The van der Waals surface area contributed by atoms with Gasteiger partial charge in [-0.2, -0.15) is 0 Å². The van der Waals surface area contributed by atoms with Crippen LogP contribution in [0, 0.1) is 11.6 Å². The molecule has 0 aliphatic rings. The number of hydrogen-bond donors (Lipinski definition) is 2. The molecular formula is C23H24F2N3Na2O7P. The molecule has 15 heteroatoms. The molecule has 0 fully saturated rings. The first-order valence-corrected chi connectivity index (χ1v) is 12.2. The van der Waals surface area contributed by atoms with Crippen LogP contribution in [0.15, 0.2) is 54.7 Å². The summed E-state index contributed by atoms with van der Waals surface area (Å²) in [5, 5.41) is 14.3. The number of rotatable bonds is 11. The average Bonchev–Trinajstić information content (AvgIpc) is 2.82. The van der Waals surface area contributed by atoms with Gasteiger partial charge in [0, 0.05) is 29.7 Å². The molecule has 0 radical (unpaired) electrons. The van der Waals surface area contributed by atoms with Crippen molar-refractivity contribution in [2.75, 3.05) is 25.6 Å². The Kier molecular flexibility index (Phi) is 15.0. The molecule has 38 heavy (non-hydrogen) atoms. The quantitative estimate of drug-likeness (QED) is 0.175. The second kappa shape index (κ2) is 16.3. The minimum atomic E-state index is -5.31. The number of carbonyl (C=O) groups is 1. The average molecular weight is 569 g/mol. The normalized spacial score (nSPS) is 12.8. The number of phosphoric acid groups is 1. The van der Waals surface area contributed by atoms with Crippen LogP contribution in [0.4, 0.5) is 19.4 Å². The van der Waals surface area contributed by atoms with Gasteiger partial charge in [-0.1, -0.05) is 36.4 Å². The number of halogens is 2. The molecule has 0 unspecified atom stereocenters. The number of aliphatic hydroxyl groups is 1. The van der Waals surface area contributed by atoms with Crippen LogP contribution >= 0.6 is 7.82 Å². The topological polar surface area (TPSA) is 147 Å². The Morgan fingerprint density at radius 1 is 1.13 bits per heavy atom. The number of likely N-dealkylation sites (N-methyl/N-ethyl adjacent to an activating group) is 1. The summed E-state index contributed by atoms with van der Waals surface area (Å²) in [6, 6.07) is 11.9. The molecule has 1 aromatic heterocycles. The third-order valence-electron chi connectivity index (χ3n) is 5.31. The van der Waals surface area contributed by atoms with Gasteiger partial charge in [0.2, 0.25) is 0 Å². The molecule has 194 valence electrons. The molecule has 2 N–H and O–H groups in total. The number of hydrogen-bond acceptors (Lipinski definition) is 9. The number of nitrogens with zero attached hydrogens (tertiary/aromatic N) is 2. The predicted molar refractivity (Wildman–Crippen MR) is 123 cm³/mol. The molecule has 0 saturated heterocycles. The largest absolute Gasteiger partial charge is 1.00 e. The number of anilines is 1. The van der Waals surface area contributed by atoms with Crippen LogP contribution in [0.5, 0.6) is 0 Å². The molecule has 0 bridgehead atoms. The molecule has 1 amide bonds. The molecule has 10 nitrogen and oxygen atoms in total. The smallest absolute Gasteiger partial charge is 0.790 e. The van der Waals surface area contributed by atoms with E-state index in [0.29, 0.717) is 0 Å². The van der Waals surface area contributed by atoms with Crippen molar-refractivity contribution in [3.63, 3.8) is 0 Å². The molecule has 0 saturated carbocycles. The van der Waals surface area contributed by atoms with Crippen molar-refractivity contribution in [1.82, 2.24) is 9.88 Å². The predicted octanol–water partition coefficient (Wildman–Crippen LogP) is -3.83. The van der Waals surface area contributed by atoms with E-state index < -0.39 is 44.3 Å². The van der Waals surface area contributed by atoms with Gasteiger partial charge >= 0.3 is 65.2 Å². The minimum Gasteiger partial charge on any atom is -0.790 e. The van der Waals surface area contributed by atoms with E-state index in [-0.39, 0.29) is 90.1 Å². The summed E-state index contributed by atoms with van der Waals surface area (Å²) >= 11 is 0. The maximum absolute atomic E-state index is 14.1. The van der Waals surface area contributed by atoms with Gasteiger partial charge in [0.15, 0.2) is 11.6 Å². The van der Waals surface area contributed by atoms with Crippen LogP contribution in [0.25, 0.3) is 10.8 Å². The zero-order valence-corrected chi connectivity index (χ0v) is 26.1. The Morgan fingerprint density at radius 3 is 2.50 bits per heavy atom. The van der Waals surface area contributed by atoms with Gasteiger partial charge in [-0.3, -0.25) is 10.2 Å². The monoisotopic (exact) mass is 569 g/mol. The van der Waals surface area contributed by atoms with E-state index in [4.69, 9.17) is 4.74 Å². The Morgan fingerprint density at radius 2 is 1.82 bits per heavy atom. The Labute approximate surface area is 262 Å². The molecule has 2 atom stereocenters. The van der Waals surface area contributed by atoms with Crippen molar-refractivity contribution in [2.24, 2.45) is 0 Å². The van der Waals surface area contributed by atoms with Crippen molar-refractivity contribution < 1.29 is 101 Å². The number of benzene rings is 2. The summed E-state index contributed by atoms with van der Waals surface area (Å²) in [6.45, 7) is -1.26. The van der Waals surface area contributed by atoms with E-state index in [9.17, 15) is 33.0 Å². The fourth-order valence-electron chi connectivity index (χ4n) is 3.47. The molecule has 3 rings (SSSR count). The number of aliphatic hydroxyl groups excluding tert-OH is 1. The van der Waals surface area contributed by atoms with Gasteiger partial charge in [-0.25, -0.2) is 18.6 Å². The number of phosphoric ester groups is 1. The molecule has 3 aromatic rings. The number of pyridine rings is 1. The molecule has 1 heterocycles. The summed E-state index contributed by atoms with van der Waals surface area (Å²) in [5.74, 6) is -1.85. The van der Waals surface area contributed by atoms with Gasteiger partial charge < -0.3 is 28.7 Å². The maximum atomic E-state index is 14.1. The first-order chi connectivity index (χ1) is 17.0. The van der Waals surface area contributed by atoms with Crippen LogP contribution in [0.2, 0.25) is 0 Å². The van der Waals surface area contributed by atoms with Crippen LogP contribution in [0.1, 0.15) is 12.0 Å².